The molecular formula is C9H18F2N2. The highest BCUT2D eigenvalue weighted by molar-refractivity contribution is 4.90. The molecule has 0 amide bonds. The van der Waals surface area contributed by atoms with Crippen LogP contribution in [0.1, 0.15) is 19.8 Å². The molecule has 78 valence electrons. The van der Waals surface area contributed by atoms with E-state index in [-0.39, 0.29) is 6.42 Å². The van der Waals surface area contributed by atoms with Crippen LogP contribution in [0.15, 0.2) is 0 Å². The monoisotopic (exact) mass is 192 g/mol. The van der Waals surface area contributed by atoms with E-state index in [1.165, 1.54) is 0 Å². The van der Waals surface area contributed by atoms with E-state index >= 15 is 0 Å². The van der Waals surface area contributed by atoms with Gasteiger partial charge in [-0.3, -0.25) is 0 Å². The molecule has 1 saturated heterocycles. The summed E-state index contributed by atoms with van der Waals surface area (Å²) in [5.41, 5.74) is 0. The van der Waals surface area contributed by atoms with Crippen molar-refractivity contribution in [3.05, 3.63) is 0 Å². The summed E-state index contributed by atoms with van der Waals surface area (Å²) < 4.78 is 26.2. The van der Waals surface area contributed by atoms with Crippen molar-refractivity contribution in [1.82, 2.24) is 10.2 Å². The maximum Gasteiger partial charge on any atom is 0.264 e. The van der Waals surface area contributed by atoms with Crippen LogP contribution < -0.4 is 5.32 Å². The first-order valence-corrected chi connectivity index (χ1v) is 4.86. The minimum Gasteiger partial charge on any atom is -0.308 e. The zero-order chi connectivity index (χ0) is 9.90. The van der Waals surface area contributed by atoms with E-state index in [1.54, 1.807) is 0 Å². The molecule has 1 atom stereocenters. The lowest BCUT2D eigenvalue weighted by molar-refractivity contribution is -0.0149. The molecule has 0 saturated carbocycles. The second-order valence-corrected chi connectivity index (χ2v) is 3.70. The van der Waals surface area contributed by atoms with Crippen LogP contribution in [0.25, 0.3) is 0 Å². The van der Waals surface area contributed by atoms with Gasteiger partial charge in [-0.25, -0.2) is 8.78 Å². The summed E-state index contributed by atoms with van der Waals surface area (Å²) in [6.07, 6.45) is 0.533. The predicted molar refractivity (Wildman–Crippen MR) is 49.1 cm³/mol. The molecule has 0 aliphatic carbocycles. The zero-order valence-electron chi connectivity index (χ0n) is 8.32. The Morgan fingerprint density at radius 1 is 1.54 bits per heavy atom. The summed E-state index contributed by atoms with van der Waals surface area (Å²) in [5, 5.41) is 2.85. The number of alkyl halides is 2. The Bertz CT molecular complexity index is 162. The van der Waals surface area contributed by atoms with Crippen LogP contribution in [0.4, 0.5) is 8.78 Å². The highest BCUT2D eigenvalue weighted by Gasteiger charge is 2.43. The lowest BCUT2D eigenvalue weighted by atomic mass is 10.1. The zero-order valence-corrected chi connectivity index (χ0v) is 8.32. The van der Waals surface area contributed by atoms with Gasteiger partial charge in [0.05, 0.1) is 6.04 Å². The van der Waals surface area contributed by atoms with E-state index in [1.807, 2.05) is 14.0 Å². The third kappa shape index (κ3) is 2.88. The van der Waals surface area contributed by atoms with E-state index in [2.05, 4.69) is 10.2 Å². The Morgan fingerprint density at radius 3 is 2.69 bits per heavy atom. The first-order chi connectivity index (χ1) is 6.06. The molecule has 1 aliphatic heterocycles. The molecule has 2 nitrogen and oxygen atoms in total. The van der Waals surface area contributed by atoms with Crippen LogP contribution in [0.3, 0.4) is 0 Å². The van der Waals surface area contributed by atoms with Gasteiger partial charge in [-0.1, -0.05) is 6.92 Å². The van der Waals surface area contributed by atoms with Crippen LogP contribution in [0, 0.1) is 0 Å². The molecular weight excluding hydrogens is 174 g/mol. The second-order valence-electron chi connectivity index (χ2n) is 3.70. The van der Waals surface area contributed by atoms with Crippen molar-refractivity contribution in [2.75, 3.05) is 26.7 Å². The van der Waals surface area contributed by atoms with Crippen molar-refractivity contribution in [2.24, 2.45) is 0 Å². The molecule has 0 bridgehead atoms. The van der Waals surface area contributed by atoms with E-state index in [9.17, 15) is 8.78 Å². The van der Waals surface area contributed by atoms with Gasteiger partial charge in [0.1, 0.15) is 0 Å². The highest BCUT2D eigenvalue weighted by atomic mass is 19.3. The lowest BCUT2D eigenvalue weighted by Crippen LogP contribution is -2.38. The molecule has 1 N–H and O–H groups in total. The fourth-order valence-corrected chi connectivity index (χ4v) is 1.56. The quantitative estimate of drug-likeness (QED) is 0.722. The second kappa shape index (κ2) is 4.33. The summed E-state index contributed by atoms with van der Waals surface area (Å²) in [6, 6.07) is -0.610. The lowest BCUT2D eigenvalue weighted by Gasteiger charge is -2.21. The van der Waals surface area contributed by atoms with Crippen molar-refractivity contribution in [2.45, 2.75) is 31.7 Å². The summed E-state index contributed by atoms with van der Waals surface area (Å²) in [4.78, 5) is 2.05. The normalized spacial score (nSPS) is 27.0. The maximum atomic E-state index is 13.1. The topological polar surface area (TPSA) is 15.3 Å². The SMILES string of the molecule is CCN(C)CCC1NCCC1(F)F. The first kappa shape index (κ1) is 10.9. The van der Waals surface area contributed by atoms with Crippen molar-refractivity contribution >= 4 is 0 Å². The van der Waals surface area contributed by atoms with Crippen LogP contribution in [0.5, 0.6) is 0 Å². The minimum absolute atomic E-state index is 0.00644. The average Bonchev–Trinajstić information content (AvgIpc) is 2.41. The number of rotatable bonds is 4. The molecule has 1 heterocycles. The summed E-state index contributed by atoms with van der Waals surface area (Å²) >= 11 is 0. The number of hydrogen-bond acceptors (Lipinski definition) is 2. The molecule has 13 heavy (non-hydrogen) atoms. The molecule has 0 spiro atoms. The number of hydrogen-bond donors (Lipinski definition) is 1. The summed E-state index contributed by atoms with van der Waals surface area (Å²) in [5.74, 6) is -2.49. The summed E-state index contributed by atoms with van der Waals surface area (Å²) in [6.45, 7) is 4.13. The van der Waals surface area contributed by atoms with Gasteiger partial charge >= 0.3 is 0 Å². The molecule has 1 fully saturated rings. The van der Waals surface area contributed by atoms with Gasteiger partial charge in [0, 0.05) is 13.0 Å². The largest absolute Gasteiger partial charge is 0.308 e. The van der Waals surface area contributed by atoms with E-state index < -0.39 is 12.0 Å². The Labute approximate surface area is 78.3 Å². The molecule has 0 aromatic carbocycles. The first-order valence-electron chi connectivity index (χ1n) is 4.86. The molecule has 0 aromatic rings. The number of nitrogens with zero attached hydrogens (tertiary/aromatic N) is 1. The standard InChI is InChI=1S/C9H18F2N2/c1-3-13(2)7-4-8-9(10,11)5-6-12-8/h8,12H,3-7H2,1-2H3. The van der Waals surface area contributed by atoms with E-state index in [0.29, 0.717) is 13.0 Å². The van der Waals surface area contributed by atoms with Gasteiger partial charge in [0.15, 0.2) is 0 Å². The van der Waals surface area contributed by atoms with E-state index in [4.69, 9.17) is 0 Å². The molecule has 0 radical (unpaired) electrons. The molecule has 4 heteroatoms. The predicted octanol–water partition coefficient (Wildman–Crippen LogP) is 1.33. The smallest absolute Gasteiger partial charge is 0.264 e. The minimum atomic E-state index is -2.49. The Morgan fingerprint density at radius 2 is 2.23 bits per heavy atom. The molecule has 1 unspecified atom stereocenters. The Hall–Kier alpha value is -0.220. The van der Waals surface area contributed by atoms with Gasteiger partial charge in [0.2, 0.25) is 0 Å². The number of nitrogens with one attached hydrogen (secondary N) is 1. The molecule has 1 aliphatic rings. The third-order valence-electron chi connectivity index (χ3n) is 2.70. The van der Waals surface area contributed by atoms with Crippen molar-refractivity contribution in [1.29, 1.82) is 0 Å². The number of halogens is 2. The van der Waals surface area contributed by atoms with E-state index in [0.717, 1.165) is 13.1 Å². The van der Waals surface area contributed by atoms with Crippen molar-refractivity contribution in [3.8, 4) is 0 Å². The molecule has 0 aromatic heterocycles. The summed E-state index contributed by atoms with van der Waals surface area (Å²) in [7, 11) is 1.95. The van der Waals surface area contributed by atoms with Crippen molar-refractivity contribution in [3.63, 3.8) is 0 Å². The van der Waals surface area contributed by atoms with Gasteiger partial charge < -0.3 is 10.2 Å². The molecule has 1 rings (SSSR count). The van der Waals surface area contributed by atoms with Gasteiger partial charge in [-0.2, -0.15) is 0 Å². The van der Waals surface area contributed by atoms with Crippen LogP contribution in [0.2, 0.25) is 0 Å². The van der Waals surface area contributed by atoms with Gasteiger partial charge in [-0.05, 0) is 26.6 Å². The van der Waals surface area contributed by atoms with Crippen molar-refractivity contribution < 1.29 is 8.78 Å². The Kier molecular flexibility index (Phi) is 3.62. The highest BCUT2D eigenvalue weighted by Crippen LogP contribution is 2.29. The maximum absolute atomic E-state index is 13.1. The third-order valence-corrected chi connectivity index (χ3v) is 2.70. The van der Waals surface area contributed by atoms with Gasteiger partial charge in [0.25, 0.3) is 5.92 Å². The fourth-order valence-electron chi connectivity index (χ4n) is 1.56. The van der Waals surface area contributed by atoms with Crippen LogP contribution in [-0.4, -0.2) is 43.5 Å². The Balaban J connectivity index is 2.28. The average molecular weight is 192 g/mol. The van der Waals surface area contributed by atoms with Crippen LogP contribution >= 0.6 is 0 Å². The van der Waals surface area contributed by atoms with Crippen LogP contribution in [-0.2, 0) is 0 Å². The fraction of sp³-hybridized carbons (Fsp3) is 1.00. The van der Waals surface area contributed by atoms with Gasteiger partial charge in [-0.15, -0.1) is 0 Å².